The van der Waals surface area contributed by atoms with Crippen LogP contribution in [0.3, 0.4) is 0 Å². The number of hydrogen-bond acceptors (Lipinski definition) is 4. The molecule has 0 radical (unpaired) electrons. The molecule has 0 bridgehead atoms. The number of nitrogens with zero attached hydrogens (tertiary/aromatic N) is 3. The van der Waals surface area contributed by atoms with Crippen LogP contribution >= 0.6 is 0 Å². The minimum atomic E-state index is -0.596. The number of carbonyl (C=O) groups is 1. The Balaban J connectivity index is 1.68. The molecule has 0 saturated heterocycles. The second-order valence-electron chi connectivity index (χ2n) is 10.6. The first-order valence-electron chi connectivity index (χ1n) is 13.3. The summed E-state index contributed by atoms with van der Waals surface area (Å²) in [5.74, 6) is 1.67. The van der Waals surface area contributed by atoms with Crippen molar-refractivity contribution in [3.05, 3.63) is 83.6 Å². The quantitative estimate of drug-likeness (QED) is 0.223. The van der Waals surface area contributed by atoms with E-state index in [1.54, 1.807) is 0 Å². The van der Waals surface area contributed by atoms with Crippen molar-refractivity contribution in [2.75, 3.05) is 0 Å². The number of fused-ring (bicyclic) bond motifs is 1. The standard InChI is InChI=1S/C30H39N5O2/c1-5-6-7-13-18-35-27(19-22-14-9-8-10-15-22)33-34-28(35)26(32-29(36)37-30(2,3)4)20-23-21-31-25-17-12-11-16-24(23)25/h8-12,14-17,21,26,31H,5-7,13,18-20H2,1-4H3,(H,32,36)/t26-/m1/s1. The molecule has 0 unspecified atom stereocenters. The number of amides is 1. The number of ether oxygens (including phenoxy) is 1. The number of aromatic amines is 1. The topological polar surface area (TPSA) is 84.8 Å². The smallest absolute Gasteiger partial charge is 0.408 e. The van der Waals surface area contributed by atoms with Crippen LogP contribution in [0.5, 0.6) is 0 Å². The zero-order valence-corrected chi connectivity index (χ0v) is 22.5. The van der Waals surface area contributed by atoms with Crippen LogP contribution in [0.25, 0.3) is 10.9 Å². The number of para-hydroxylation sites is 1. The predicted molar refractivity (Wildman–Crippen MR) is 148 cm³/mol. The van der Waals surface area contributed by atoms with Crippen LogP contribution in [0.4, 0.5) is 4.79 Å². The Morgan fingerprint density at radius 1 is 1.03 bits per heavy atom. The first-order valence-corrected chi connectivity index (χ1v) is 13.3. The Hall–Kier alpha value is -3.61. The van der Waals surface area contributed by atoms with Gasteiger partial charge in [-0.3, -0.25) is 0 Å². The molecule has 2 aromatic carbocycles. The first-order chi connectivity index (χ1) is 17.8. The minimum Gasteiger partial charge on any atom is -0.444 e. The zero-order valence-electron chi connectivity index (χ0n) is 22.5. The lowest BCUT2D eigenvalue weighted by Crippen LogP contribution is -2.37. The number of alkyl carbamates (subject to hydrolysis) is 1. The van der Waals surface area contributed by atoms with Gasteiger partial charge >= 0.3 is 6.09 Å². The van der Waals surface area contributed by atoms with Gasteiger partial charge in [-0.25, -0.2) is 4.79 Å². The van der Waals surface area contributed by atoms with E-state index < -0.39 is 17.7 Å². The van der Waals surface area contributed by atoms with Crippen LogP contribution in [-0.4, -0.2) is 31.4 Å². The summed E-state index contributed by atoms with van der Waals surface area (Å²) >= 11 is 0. The Bertz CT molecular complexity index is 1290. The van der Waals surface area contributed by atoms with Crippen LogP contribution in [0.2, 0.25) is 0 Å². The maximum atomic E-state index is 12.9. The fourth-order valence-corrected chi connectivity index (χ4v) is 4.63. The van der Waals surface area contributed by atoms with Gasteiger partial charge in [0.15, 0.2) is 5.82 Å². The molecular formula is C30H39N5O2. The third kappa shape index (κ3) is 7.21. The predicted octanol–water partition coefficient (Wildman–Crippen LogP) is 6.74. The monoisotopic (exact) mass is 501 g/mol. The van der Waals surface area contributed by atoms with Crippen LogP contribution in [0.1, 0.15) is 82.2 Å². The van der Waals surface area contributed by atoms with Crippen molar-refractivity contribution in [3.63, 3.8) is 0 Å². The highest BCUT2D eigenvalue weighted by atomic mass is 16.6. The summed E-state index contributed by atoms with van der Waals surface area (Å²) in [4.78, 5) is 16.3. The minimum absolute atomic E-state index is 0.391. The van der Waals surface area contributed by atoms with Crippen molar-refractivity contribution in [1.82, 2.24) is 25.1 Å². The molecule has 0 aliphatic rings. The van der Waals surface area contributed by atoms with Gasteiger partial charge in [-0.2, -0.15) is 0 Å². The van der Waals surface area contributed by atoms with E-state index in [1.807, 2.05) is 57.3 Å². The van der Waals surface area contributed by atoms with Crippen LogP contribution < -0.4 is 5.32 Å². The van der Waals surface area contributed by atoms with Gasteiger partial charge in [-0.05, 0) is 44.4 Å². The third-order valence-electron chi connectivity index (χ3n) is 6.40. The second-order valence-corrected chi connectivity index (χ2v) is 10.6. The van der Waals surface area contributed by atoms with Crippen molar-refractivity contribution in [2.24, 2.45) is 0 Å². The van der Waals surface area contributed by atoms with Crippen molar-refractivity contribution in [2.45, 2.75) is 84.4 Å². The van der Waals surface area contributed by atoms with Crippen LogP contribution in [0.15, 0.2) is 60.8 Å². The fraction of sp³-hybridized carbons (Fsp3) is 0.433. The molecule has 7 heteroatoms. The number of aromatic nitrogens is 4. The average Bonchev–Trinajstić information content (AvgIpc) is 3.45. The molecule has 2 aromatic heterocycles. The fourth-order valence-electron chi connectivity index (χ4n) is 4.63. The van der Waals surface area contributed by atoms with Gasteiger partial charge in [0.25, 0.3) is 0 Å². The van der Waals surface area contributed by atoms with E-state index in [0.717, 1.165) is 47.5 Å². The molecule has 0 fully saturated rings. The maximum absolute atomic E-state index is 12.9. The summed E-state index contributed by atoms with van der Waals surface area (Å²) < 4.78 is 7.84. The van der Waals surface area contributed by atoms with Gasteiger partial charge in [0, 0.05) is 36.5 Å². The number of unbranched alkanes of at least 4 members (excludes halogenated alkanes) is 3. The van der Waals surface area contributed by atoms with Gasteiger partial charge in [-0.1, -0.05) is 74.7 Å². The number of carbonyl (C=O) groups excluding carboxylic acids is 1. The normalized spacial score (nSPS) is 12.5. The number of H-pyrrole nitrogens is 1. The van der Waals surface area contributed by atoms with E-state index in [4.69, 9.17) is 4.74 Å². The Kier molecular flexibility index (Phi) is 8.64. The van der Waals surface area contributed by atoms with E-state index in [-0.39, 0.29) is 0 Å². The molecule has 2 N–H and O–H groups in total. The molecule has 1 amide bonds. The van der Waals surface area contributed by atoms with Crippen molar-refractivity contribution in [1.29, 1.82) is 0 Å². The molecule has 7 nitrogen and oxygen atoms in total. The summed E-state index contributed by atoms with van der Waals surface area (Å²) in [5, 5.41) is 13.5. The van der Waals surface area contributed by atoms with Gasteiger partial charge in [0.2, 0.25) is 0 Å². The lowest BCUT2D eigenvalue weighted by molar-refractivity contribution is 0.0500. The number of benzene rings is 2. The molecule has 0 saturated carbocycles. The molecule has 0 spiro atoms. The molecule has 2 heterocycles. The summed E-state index contributed by atoms with van der Waals surface area (Å²) in [6.45, 7) is 8.64. The second kappa shape index (κ2) is 12.1. The van der Waals surface area contributed by atoms with Gasteiger partial charge < -0.3 is 19.6 Å². The van der Waals surface area contributed by atoms with Crippen molar-refractivity contribution < 1.29 is 9.53 Å². The van der Waals surface area contributed by atoms with Crippen molar-refractivity contribution >= 4 is 17.0 Å². The largest absolute Gasteiger partial charge is 0.444 e. The number of nitrogens with one attached hydrogen (secondary N) is 2. The lowest BCUT2D eigenvalue weighted by Gasteiger charge is -2.24. The molecule has 37 heavy (non-hydrogen) atoms. The number of hydrogen-bond donors (Lipinski definition) is 2. The highest BCUT2D eigenvalue weighted by Gasteiger charge is 2.27. The molecule has 4 rings (SSSR count). The molecule has 1 atom stereocenters. The Labute approximate surface area is 219 Å². The van der Waals surface area contributed by atoms with Crippen LogP contribution in [0, 0.1) is 0 Å². The summed E-state index contributed by atoms with van der Waals surface area (Å²) in [6, 6.07) is 18.1. The highest BCUT2D eigenvalue weighted by Crippen LogP contribution is 2.26. The van der Waals surface area contributed by atoms with Crippen molar-refractivity contribution in [3.8, 4) is 0 Å². The average molecular weight is 502 g/mol. The highest BCUT2D eigenvalue weighted by molar-refractivity contribution is 5.83. The SMILES string of the molecule is CCCCCCn1c(Cc2ccccc2)nnc1[C@@H](Cc1c[nH]c2ccccc12)NC(=O)OC(C)(C)C. The molecule has 4 aromatic rings. The lowest BCUT2D eigenvalue weighted by atomic mass is 10.0. The number of rotatable bonds is 11. The van der Waals surface area contributed by atoms with E-state index in [2.05, 4.69) is 56.3 Å². The summed E-state index contributed by atoms with van der Waals surface area (Å²) in [5.41, 5.74) is 2.77. The van der Waals surface area contributed by atoms with Gasteiger partial charge in [-0.15, -0.1) is 10.2 Å². The van der Waals surface area contributed by atoms with Gasteiger partial charge in [0.1, 0.15) is 11.4 Å². The van der Waals surface area contributed by atoms with E-state index in [1.165, 1.54) is 18.4 Å². The molecular weight excluding hydrogens is 462 g/mol. The van der Waals surface area contributed by atoms with E-state index in [0.29, 0.717) is 12.8 Å². The zero-order chi connectivity index (χ0) is 26.3. The Morgan fingerprint density at radius 3 is 2.54 bits per heavy atom. The third-order valence-corrected chi connectivity index (χ3v) is 6.40. The van der Waals surface area contributed by atoms with Crippen LogP contribution in [-0.2, 0) is 24.1 Å². The summed E-state index contributed by atoms with van der Waals surface area (Å²) in [7, 11) is 0. The van der Waals surface area contributed by atoms with E-state index >= 15 is 0 Å². The van der Waals surface area contributed by atoms with E-state index in [9.17, 15) is 4.79 Å². The molecule has 0 aliphatic carbocycles. The maximum Gasteiger partial charge on any atom is 0.408 e. The Morgan fingerprint density at radius 2 is 1.78 bits per heavy atom. The van der Waals surface area contributed by atoms with Gasteiger partial charge in [0.05, 0.1) is 6.04 Å². The molecule has 196 valence electrons. The molecule has 0 aliphatic heterocycles. The summed E-state index contributed by atoms with van der Waals surface area (Å²) in [6.07, 6.45) is 7.37. The first kappa shape index (κ1) is 26.5.